The molecule has 0 aliphatic carbocycles. The number of benzene rings is 12. The molecule has 1 aromatic heterocycles. The highest BCUT2D eigenvalue weighted by molar-refractivity contribution is 7.76. The fourth-order valence-electron chi connectivity index (χ4n) is 13.0. The van der Waals surface area contributed by atoms with Gasteiger partial charge in [0.15, 0.2) is 17.5 Å². The lowest BCUT2D eigenvalue weighted by Gasteiger charge is -2.33. The van der Waals surface area contributed by atoms with Crippen LogP contribution in [0.3, 0.4) is 0 Å². The second kappa shape index (κ2) is 22.9. The Hall–Kier alpha value is -10.5. The van der Waals surface area contributed by atoms with Gasteiger partial charge in [-0.05, 0) is 138 Å². The van der Waals surface area contributed by atoms with Gasteiger partial charge in [0.25, 0.3) is 0 Å². The van der Waals surface area contributed by atoms with Gasteiger partial charge in [0.2, 0.25) is 0 Å². The van der Waals surface area contributed by atoms with E-state index in [1.165, 1.54) is 22.1 Å². The molecule has 0 spiro atoms. The Morgan fingerprint density at radius 2 is 0.589 bits per heavy atom. The molecule has 13 aromatic rings. The maximum absolute atomic E-state index is 16.7. The monoisotopic (exact) mass is 1220 g/mol. The van der Waals surface area contributed by atoms with Gasteiger partial charge in [-0.25, -0.2) is 15.0 Å². The third-order valence-corrected chi connectivity index (χ3v) is 25.7. The van der Waals surface area contributed by atoms with Crippen LogP contribution in [0.25, 0.3) is 34.2 Å². The van der Waals surface area contributed by atoms with Crippen LogP contribution in [-0.2, 0) is 15.6 Å². The summed E-state index contributed by atoms with van der Waals surface area (Å²) in [6.45, 7) is 0. The molecular weight excluding hydrogens is 1160 g/mol. The summed E-state index contributed by atoms with van der Waals surface area (Å²) in [6, 6.07) is 111. The van der Waals surface area contributed by atoms with Gasteiger partial charge in [-0.1, -0.05) is 212 Å². The van der Waals surface area contributed by atoms with Crippen molar-refractivity contribution in [1.29, 1.82) is 0 Å². The molecule has 0 bridgehead atoms. The lowest BCUT2D eigenvalue weighted by Crippen LogP contribution is -2.26. The lowest BCUT2D eigenvalue weighted by molar-refractivity contribution is 0.581. The molecule has 3 aliphatic heterocycles. The van der Waals surface area contributed by atoms with Crippen LogP contribution in [0.5, 0.6) is 0 Å². The molecule has 10 nitrogen and oxygen atoms in total. The average Bonchev–Trinajstić information content (AvgIpc) is 1.58. The van der Waals surface area contributed by atoms with Crippen molar-refractivity contribution >= 4 is 95.7 Å². The zero-order valence-electron chi connectivity index (χ0n) is 48.7. The highest BCUT2D eigenvalue weighted by Gasteiger charge is 2.51. The molecule has 432 valence electrons. The van der Waals surface area contributed by atoms with Crippen molar-refractivity contribution in [3.8, 4) is 34.2 Å². The third kappa shape index (κ3) is 9.34. The molecule has 0 amide bonds. The van der Waals surface area contributed by atoms with Crippen molar-refractivity contribution in [2.24, 2.45) is 0 Å². The number of hydrogen-bond donors (Lipinski definition) is 0. The molecule has 12 aromatic carbocycles. The number of aromatic nitrogens is 3. The molecule has 16 rings (SSSR count). The Bertz CT molecular complexity index is 4490. The normalized spacial score (nSPS) is 16.0. The predicted molar refractivity (Wildman–Crippen MR) is 372 cm³/mol. The minimum Gasteiger partial charge on any atom is -0.315 e. The average molecular weight is 1220 g/mol. The van der Waals surface area contributed by atoms with E-state index in [9.17, 15) is 0 Å². The fraction of sp³-hybridized carbons (Fsp3) is 0.0260. The standard InChI is InChI=1S/C77H57N8O2P3/c86-89(82(61-29-11-3-12-30-61)70-39-21-22-40-71(70)83(89)62-31-13-4-14-32-62)66-51-45-58(46-52-66)76-78-75(57-43-49-65(50-44-57)88-74(55-56-25-7-1-8-26-56)68-37-19-20-38-69(68)81(88)60-27-9-2-10-28-60)79-77(80-76)59-47-53-67(54-48-59)90(87)84(63-33-15-5-16-34-63)72-41-23-24-42-73(72)85(90)64-35-17-6-18-36-64/h1-54,74H,55H2. The van der Waals surface area contributed by atoms with Crippen LogP contribution >= 0.6 is 23.0 Å². The Labute approximate surface area is 525 Å². The van der Waals surface area contributed by atoms with Gasteiger partial charge in [0.1, 0.15) is 0 Å². The van der Waals surface area contributed by atoms with E-state index in [0.29, 0.717) is 28.1 Å². The van der Waals surface area contributed by atoms with Crippen LogP contribution in [0, 0.1) is 0 Å². The molecule has 3 aliphatic rings. The van der Waals surface area contributed by atoms with E-state index in [0.717, 1.165) is 74.3 Å². The predicted octanol–water partition coefficient (Wildman–Crippen LogP) is 19.6. The smallest absolute Gasteiger partial charge is 0.301 e. The molecule has 0 fully saturated rings. The van der Waals surface area contributed by atoms with Crippen molar-refractivity contribution in [3.63, 3.8) is 0 Å². The van der Waals surface area contributed by atoms with Gasteiger partial charge in [-0.15, -0.1) is 0 Å². The highest BCUT2D eigenvalue weighted by Crippen LogP contribution is 2.72. The van der Waals surface area contributed by atoms with Crippen LogP contribution < -0.4 is 39.3 Å². The van der Waals surface area contributed by atoms with Gasteiger partial charge in [0, 0.05) is 64.5 Å². The molecule has 0 saturated heterocycles. The molecule has 2 atom stereocenters. The van der Waals surface area contributed by atoms with Crippen LogP contribution in [-0.4, -0.2) is 15.0 Å². The summed E-state index contributed by atoms with van der Waals surface area (Å²) in [7, 11) is -8.33. The number of nitrogens with zero attached hydrogens (tertiary/aromatic N) is 8. The molecule has 0 radical (unpaired) electrons. The van der Waals surface area contributed by atoms with Crippen LogP contribution in [0.4, 0.5) is 56.9 Å². The number of hydrogen-bond acceptors (Lipinski definition) is 6. The maximum atomic E-state index is 16.7. The summed E-state index contributed by atoms with van der Waals surface area (Å²) in [5.74, 6) is 1.38. The van der Waals surface area contributed by atoms with Gasteiger partial charge in [-0.2, -0.15) is 0 Å². The molecule has 2 unspecified atom stereocenters. The summed E-state index contributed by atoms with van der Waals surface area (Å²) >= 11 is 0. The number of rotatable bonds is 13. The van der Waals surface area contributed by atoms with Gasteiger partial charge in [-0.3, -0.25) is 27.8 Å². The molecular formula is C77H57N8O2P3. The van der Waals surface area contributed by atoms with Crippen molar-refractivity contribution < 1.29 is 9.13 Å². The summed E-state index contributed by atoms with van der Waals surface area (Å²) in [4.78, 5) is 15.9. The first-order valence-electron chi connectivity index (χ1n) is 30.1. The Balaban J connectivity index is 0.826. The van der Waals surface area contributed by atoms with E-state index < -0.39 is 23.0 Å². The number of para-hydroxylation sites is 10. The molecule has 0 saturated carbocycles. The van der Waals surface area contributed by atoms with E-state index in [4.69, 9.17) is 15.0 Å². The molecule has 13 heteroatoms. The minimum absolute atomic E-state index is 0.216. The van der Waals surface area contributed by atoms with E-state index >= 15 is 9.13 Å². The number of fused-ring (bicyclic) bond motifs is 3. The Morgan fingerprint density at radius 3 is 0.944 bits per heavy atom. The van der Waals surface area contributed by atoms with Crippen molar-refractivity contribution in [2.45, 2.75) is 12.1 Å². The van der Waals surface area contributed by atoms with E-state index in [2.05, 4.69) is 114 Å². The largest absolute Gasteiger partial charge is 0.315 e. The Kier molecular flexibility index (Phi) is 14.0. The topological polar surface area (TPSA) is 89.0 Å². The van der Waals surface area contributed by atoms with Gasteiger partial charge in [0.05, 0.1) is 33.4 Å². The Morgan fingerprint density at radius 1 is 0.300 bits per heavy atom. The second-order valence-corrected chi connectivity index (χ2v) is 29.4. The second-order valence-electron chi connectivity index (χ2n) is 22.4. The zero-order valence-corrected chi connectivity index (χ0v) is 51.4. The summed E-state index contributed by atoms with van der Waals surface area (Å²) in [5, 5.41) is 2.51. The maximum Gasteiger partial charge on any atom is 0.301 e. The van der Waals surface area contributed by atoms with Crippen molar-refractivity contribution in [1.82, 2.24) is 15.0 Å². The number of anilines is 10. The summed E-state index contributed by atoms with van der Waals surface area (Å²) < 4.78 is 43.9. The van der Waals surface area contributed by atoms with Crippen molar-refractivity contribution in [3.05, 3.63) is 339 Å². The summed E-state index contributed by atoms with van der Waals surface area (Å²) in [5.41, 5.74) is 14.2. The van der Waals surface area contributed by atoms with Crippen LogP contribution in [0.15, 0.2) is 328 Å². The third-order valence-electron chi connectivity index (χ3n) is 17.0. The quantitative estimate of drug-likeness (QED) is 0.104. The first kappa shape index (κ1) is 54.9. The molecule has 90 heavy (non-hydrogen) atoms. The first-order valence-corrected chi connectivity index (χ1v) is 34.7. The minimum atomic E-state index is -3.68. The summed E-state index contributed by atoms with van der Waals surface area (Å²) in [6.07, 6.45) is 0.889. The highest BCUT2D eigenvalue weighted by atomic mass is 31.2. The van der Waals surface area contributed by atoms with E-state index in [1.54, 1.807) is 0 Å². The van der Waals surface area contributed by atoms with Crippen molar-refractivity contribution in [2.75, 3.05) is 23.4 Å². The van der Waals surface area contributed by atoms with E-state index in [-0.39, 0.29) is 5.66 Å². The van der Waals surface area contributed by atoms with Crippen LogP contribution in [0.1, 0.15) is 16.8 Å². The SMILES string of the molecule is O=P1(c2ccc(-c3nc(-c4ccc(P5C(Cc6ccccc6)c6ccccc6N5c5ccccc5)cc4)nc(-c4ccc(P5(=O)N(c6ccccc6)c6ccccc6N5c5ccccc5)cc4)n3)cc2)N(c2ccccc2)c2ccccc2N1c1ccccc1. The van der Waals surface area contributed by atoms with Gasteiger partial charge < -0.3 is 4.67 Å². The van der Waals surface area contributed by atoms with E-state index in [1.807, 2.05) is 237 Å². The molecule has 0 N–H and O–H groups in total. The van der Waals surface area contributed by atoms with Gasteiger partial charge >= 0.3 is 14.9 Å². The fourth-order valence-corrected chi connectivity index (χ4v) is 21.9. The first-order chi connectivity index (χ1) is 44.4. The lowest BCUT2D eigenvalue weighted by atomic mass is 10.0. The molecule has 4 heterocycles. The van der Waals surface area contributed by atoms with Crippen LogP contribution in [0.2, 0.25) is 0 Å². The zero-order chi connectivity index (χ0) is 60.2.